The van der Waals surface area contributed by atoms with Crippen molar-refractivity contribution in [3.05, 3.63) is 71.3 Å². The van der Waals surface area contributed by atoms with Crippen LogP contribution >= 0.6 is 0 Å². The van der Waals surface area contributed by atoms with Gasteiger partial charge in [0.25, 0.3) is 0 Å². The van der Waals surface area contributed by atoms with E-state index in [0.717, 1.165) is 19.6 Å². The van der Waals surface area contributed by atoms with E-state index in [-0.39, 0.29) is 23.2 Å². The first kappa shape index (κ1) is 18.7. The summed E-state index contributed by atoms with van der Waals surface area (Å²) in [6.45, 7) is 9.15. The molecule has 1 fully saturated rings. The van der Waals surface area contributed by atoms with Crippen molar-refractivity contribution < 1.29 is 9.53 Å². The van der Waals surface area contributed by atoms with Crippen LogP contribution in [0.1, 0.15) is 43.4 Å². The summed E-state index contributed by atoms with van der Waals surface area (Å²) < 4.78 is 5.12. The van der Waals surface area contributed by atoms with E-state index in [1.165, 1.54) is 23.8 Å². The second-order valence-corrected chi connectivity index (χ2v) is 8.29. The molecule has 1 aliphatic heterocycles. The summed E-state index contributed by atoms with van der Waals surface area (Å²) in [7, 11) is 1.49. The van der Waals surface area contributed by atoms with Crippen molar-refractivity contribution in [2.75, 3.05) is 20.2 Å². The van der Waals surface area contributed by atoms with Crippen molar-refractivity contribution in [1.29, 1.82) is 0 Å². The molecule has 0 saturated carbocycles. The molecule has 0 aliphatic carbocycles. The van der Waals surface area contributed by atoms with Crippen molar-refractivity contribution in [2.45, 2.75) is 38.6 Å². The van der Waals surface area contributed by atoms with Gasteiger partial charge in [-0.15, -0.1) is 0 Å². The third kappa shape index (κ3) is 4.16. The fourth-order valence-electron chi connectivity index (χ4n) is 3.82. The smallest absolute Gasteiger partial charge is 0.310 e. The van der Waals surface area contributed by atoms with Crippen LogP contribution in [0.5, 0.6) is 0 Å². The zero-order chi connectivity index (χ0) is 18.7. The quantitative estimate of drug-likeness (QED) is 0.766. The topological polar surface area (TPSA) is 29.5 Å². The van der Waals surface area contributed by atoms with Gasteiger partial charge in [0.1, 0.15) is 0 Å². The number of methoxy groups -OCH3 is 1. The monoisotopic (exact) mass is 351 g/mol. The van der Waals surface area contributed by atoms with E-state index in [0.29, 0.717) is 0 Å². The maximum absolute atomic E-state index is 12.4. The summed E-state index contributed by atoms with van der Waals surface area (Å²) in [5.74, 6) is -0.0425. The second kappa shape index (κ2) is 7.63. The maximum Gasteiger partial charge on any atom is 0.310 e. The van der Waals surface area contributed by atoms with Gasteiger partial charge >= 0.3 is 5.97 Å². The maximum atomic E-state index is 12.4. The molecule has 2 atom stereocenters. The highest BCUT2D eigenvalue weighted by molar-refractivity contribution is 5.74. The molecular formula is C23H29NO2. The van der Waals surface area contributed by atoms with Crippen LogP contribution in [0.4, 0.5) is 0 Å². The highest BCUT2D eigenvalue weighted by Gasteiger charge is 2.39. The fraction of sp³-hybridized carbons (Fsp3) is 0.435. The largest absolute Gasteiger partial charge is 0.469 e. The highest BCUT2D eigenvalue weighted by atomic mass is 16.5. The molecule has 1 aliphatic rings. The predicted octanol–water partition coefficient (Wildman–Crippen LogP) is 4.37. The Morgan fingerprint density at radius 1 is 1.08 bits per heavy atom. The van der Waals surface area contributed by atoms with Crippen molar-refractivity contribution >= 4 is 5.97 Å². The van der Waals surface area contributed by atoms with Crippen LogP contribution < -0.4 is 0 Å². The number of likely N-dealkylation sites (tertiary alicyclic amines) is 1. The Kier molecular flexibility index (Phi) is 5.47. The fourth-order valence-corrected chi connectivity index (χ4v) is 3.82. The van der Waals surface area contributed by atoms with Crippen molar-refractivity contribution in [3.8, 4) is 0 Å². The van der Waals surface area contributed by atoms with Gasteiger partial charge in [0.15, 0.2) is 0 Å². The molecule has 0 bridgehead atoms. The van der Waals surface area contributed by atoms with Crippen LogP contribution in [0, 0.1) is 5.92 Å². The first-order valence-electron chi connectivity index (χ1n) is 9.33. The van der Waals surface area contributed by atoms with Crippen LogP contribution in [0.3, 0.4) is 0 Å². The molecule has 0 spiro atoms. The minimum absolute atomic E-state index is 0.0963. The van der Waals surface area contributed by atoms with Gasteiger partial charge in [-0.3, -0.25) is 9.69 Å². The molecule has 0 radical (unpaired) electrons. The molecular weight excluding hydrogens is 322 g/mol. The zero-order valence-electron chi connectivity index (χ0n) is 16.2. The molecule has 2 aromatic rings. The van der Waals surface area contributed by atoms with Gasteiger partial charge in [0.2, 0.25) is 0 Å². The number of hydrogen-bond acceptors (Lipinski definition) is 3. The third-order valence-electron chi connectivity index (χ3n) is 5.33. The lowest BCUT2D eigenvalue weighted by Gasteiger charge is -2.23. The van der Waals surface area contributed by atoms with Crippen LogP contribution in [0.25, 0.3) is 0 Å². The first-order valence-corrected chi connectivity index (χ1v) is 9.33. The number of carbonyl (C=O) groups excluding carboxylic acids is 1. The summed E-state index contributed by atoms with van der Waals surface area (Å²) in [5.41, 5.74) is 3.92. The van der Waals surface area contributed by atoms with Crippen LogP contribution in [-0.4, -0.2) is 31.1 Å². The van der Waals surface area contributed by atoms with Gasteiger partial charge < -0.3 is 4.74 Å². The Bertz CT molecular complexity index is 748. The number of ether oxygens (including phenoxy) is 1. The molecule has 0 N–H and O–H groups in total. The molecule has 26 heavy (non-hydrogen) atoms. The Labute approximate surface area is 157 Å². The molecule has 1 saturated heterocycles. The van der Waals surface area contributed by atoms with Crippen molar-refractivity contribution in [2.24, 2.45) is 5.92 Å². The van der Waals surface area contributed by atoms with E-state index in [9.17, 15) is 4.79 Å². The van der Waals surface area contributed by atoms with Crippen molar-refractivity contribution in [3.63, 3.8) is 0 Å². The van der Waals surface area contributed by atoms with Gasteiger partial charge in [-0.2, -0.15) is 0 Å². The van der Waals surface area contributed by atoms with E-state index < -0.39 is 0 Å². The average molecular weight is 351 g/mol. The predicted molar refractivity (Wildman–Crippen MR) is 105 cm³/mol. The number of hydrogen-bond donors (Lipinski definition) is 0. The third-order valence-corrected chi connectivity index (χ3v) is 5.33. The Morgan fingerprint density at radius 3 is 2.46 bits per heavy atom. The highest BCUT2D eigenvalue weighted by Crippen LogP contribution is 2.36. The van der Waals surface area contributed by atoms with E-state index in [2.05, 4.69) is 74.2 Å². The average Bonchev–Trinajstić information content (AvgIpc) is 3.05. The molecule has 0 amide bonds. The number of rotatable bonds is 4. The van der Waals surface area contributed by atoms with Crippen LogP contribution in [-0.2, 0) is 21.5 Å². The molecule has 1 unspecified atom stereocenters. The standard InChI is InChI=1S/C23H29NO2/c1-23(2,3)19-12-8-11-18(13-19)20-15-24(16-21(20)22(25)26-4)14-17-9-6-5-7-10-17/h5-13,20-21H,14-16H2,1-4H3/t20?,21-/m0/s1. The van der Waals surface area contributed by atoms with E-state index in [4.69, 9.17) is 4.74 Å². The Morgan fingerprint density at radius 2 is 1.81 bits per heavy atom. The minimum atomic E-state index is -0.112. The lowest BCUT2D eigenvalue weighted by atomic mass is 9.82. The molecule has 138 valence electrons. The summed E-state index contributed by atoms with van der Waals surface area (Å²) in [5, 5.41) is 0. The van der Waals surface area contributed by atoms with Crippen LogP contribution in [0.15, 0.2) is 54.6 Å². The zero-order valence-corrected chi connectivity index (χ0v) is 16.2. The second-order valence-electron chi connectivity index (χ2n) is 8.29. The molecule has 3 heteroatoms. The number of nitrogens with zero attached hydrogens (tertiary/aromatic N) is 1. The van der Waals surface area contributed by atoms with Crippen molar-refractivity contribution in [1.82, 2.24) is 4.90 Å². The van der Waals surface area contributed by atoms with Gasteiger partial charge in [-0.25, -0.2) is 0 Å². The van der Waals surface area contributed by atoms with Crippen LogP contribution in [0.2, 0.25) is 0 Å². The molecule has 3 rings (SSSR count). The molecule has 3 nitrogen and oxygen atoms in total. The number of benzene rings is 2. The Hall–Kier alpha value is -2.13. The summed E-state index contributed by atoms with van der Waals surface area (Å²) in [6, 6.07) is 19.2. The van der Waals surface area contributed by atoms with Gasteiger partial charge in [-0.1, -0.05) is 75.4 Å². The SMILES string of the molecule is COC(=O)[C@H]1CN(Cc2ccccc2)CC1c1cccc(C(C)(C)C)c1. The molecule has 1 heterocycles. The number of carbonyl (C=O) groups is 1. The van der Waals surface area contributed by atoms with Gasteiger partial charge in [0, 0.05) is 25.6 Å². The van der Waals surface area contributed by atoms with E-state index in [1.54, 1.807) is 0 Å². The van der Waals surface area contributed by atoms with Gasteiger partial charge in [-0.05, 0) is 22.1 Å². The van der Waals surface area contributed by atoms with E-state index in [1.807, 2.05) is 6.07 Å². The van der Waals surface area contributed by atoms with E-state index >= 15 is 0 Å². The lowest BCUT2D eigenvalue weighted by molar-refractivity contribution is -0.145. The Balaban J connectivity index is 1.85. The first-order chi connectivity index (χ1) is 12.4. The summed E-state index contributed by atoms with van der Waals surface area (Å²) in [6.07, 6.45) is 0. The molecule has 2 aromatic carbocycles. The number of esters is 1. The van der Waals surface area contributed by atoms with Gasteiger partial charge in [0.05, 0.1) is 13.0 Å². The normalized spacial score (nSPS) is 20.9. The lowest BCUT2D eigenvalue weighted by Crippen LogP contribution is -2.24. The summed E-state index contributed by atoms with van der Waals surface area (Å²) in [4.78, 5) is 14.8. The molecule has 0 aromatic heterocycles. The minimum Gasteiger partial charge on any atom is -0.469 e. The summed E-state index contributed by atoms with van der Waals surface area (Å²) >= 11 is 0.